The summed E-state index contributed by atoms with van der Waals surface area (Å²) in [6, 6.07) is 2.42. The van der Waals surface area contributed by atoms with Crippen molar-refractivity contribution < 1.29 is 78.8 Å². The molecule has 12 atom stereocenters. The van der Waals surface area contributed by atoms with Gasteiger partial charge in [-0.2, -0.15) is 0 Å². The first-order valence-electron chi connectivity index (χ1n) is 16.1. The fourth-order valence-corrected chi connectivity index (χ4v) is 6.58. The SMILES string of the molecule is COc1cc(C(=O)OC[C@@]2(O)CO[C@@H](OC[C@H]3O[C@@H](O[C@H](C)C=C[C@@]4(O)[C@H](C)C[C@H](O)CC4(C)C)[C@H](O)[C@@H](O)[C@@H]3O)[C@@H]2O)cc(OC)c1O. The zero-order chi connectivity index (χ0) is 36.5. The predicted octanol–water partition coefficient (Wildman–Crippen LogP) is -0.652. The Hall–Kier alpha value is -2.61. The Bertz CT molecular complexity index is 1300. The molecular weight excluding hydrogens is 652 g/mol. The van der Waals surface area contributed by atoms with Crippen LogP contribution in [0.25, 0.3) is 0 Å². The number of aromatic hydroxyl groups is 1. The van der Waals surface area contributed by atoms with Crippen molar-refractivity contribution in [3.05, 3.63) is 29.8 Å². The molecule has 4 rings (SSSR count). The molecule has 0 spiro atoms. The molecule has 1 aliphatic carbocycles. The second-order valence-corrected chi connectivity index (χ2v) is 13.8. The predicted molar refractivity (Wildman–Crippen MR) is 168 cm³/mol. The van der Waals surface area contributed by atoms with Crippen LogP contribution >= 0.6 is 0 Å². The molecule has 0 aromatic heterocycles. The highest BCUT2D eigenvalue weighted by molar-refractivity contribution is 5.91. The summed E-state index contributed by atoms with van der Waals surface area (Å²) in [6.07, 6.45) is -8.09. The fraction of sp³-hybridized carbons (Fsp3) is 0.727. The molecule has 1 aromatic carbocycles. The molecule has 2 saturated heterocycles. The maximum absolute atomic E-state index is 12.7. The topological polar surface area (TPSA) is 244 Å². The lowest BCUT2D eigenvalue weighted by Gasteiger charge is -2.50. The lowest BCUT2D eigenvalue weighted by atomic mass is 9.60. The number of esters is 1. The molecule has 278 valence electrons. The first-order chi connectivity index (χ1) is 22.9. The van der Waals surface area contributed by atoms with Gasteiger partial charge in [0.15, 0.2) is 29.7 Å². The van der Waals surface area contributed by atoms with E-state index in [2.05, 4.69) is 0 Å². The number of phenols is 1. The van der Waals surface area contributed by atoms with E-state index in [0.717, 1.165) is 0 Å². The number of phenolic OH excluding ortho intramolecular Hbond substituents is 1. The quantitative estimate of drug-likeness (QED) is 0.0996. The number of carbonyl (C=O) groups excluding carboxylic acids is 1. The molecule has 2 aliphatic heterocycles. The van der Waals surface area contributed by atoms with E-state index >= 15 is 0 Å². The van der Waals surface area contributed by atoms with Crippen LogP contribution in [-0.2, 0) is 23.7 Å². The number of hydrogen-bond donors (Lipinski definition) is 8. The van der Waals surface area contributed by atoms with Gasteiger partial charge in [-0.25, -0.2) is 4.79 Å². The summed E-state index contributed by atoms with van der Waals surface area (Å²) in [5, 5.41) is 85.2. The highest BCUT2D eigenvalue weighted by atomic mass is 16.7. The van der Waals surface area contributed by atoms with Crippen LogP contribution in [0.1, 0.15) is 50.9 Å². The first-order valence-corrected chi connectivity index (χ1v) is 16.1. The van der Waals surface area contributed by atoms with Gasteiger partial charge in [-0.3, -0.25) is 0 Å². The average Bonchev–Trinajstić information content (AvgIpc) is 3.33. The van der Waals surface area contributed by atoms with Crippen molar-refractivity contribution in [2.75, 3.05) is 34.0 Å². The third-order valence-corrected chi connectivity index (χ3v) is 9.74. The summed E-state index contributed by atoms with van der Waals surface area (Å²) in [7, 11) is 2.56. The highest BCUT2D eigenvalue weighted by Crippen LogP contribution is 2.48. The monoisotopic (exact) mass is 702 g/mol. The van der Waals surface area contributed by atoms with Crippen LogP contribution in [-0.4, -0.2) is 147 Å². The molecule has 8 N–H and O–H groups in total. The zero-order valence-electron chi connectivity index (χ0n) is 28.5. The van der Waals surface area contributed by atoms with Crippen molar-refractivity contribution in [2.24, 2.45) is 11.3 Å². The van der Waals surface area contributed by atoms with E-state index < -0.39 is 97.7 Å². The van der Waals surface area contributed by atoms with Crippen molar-refractivity contribution in [1.29, 1.82) is 0 Å². The third-order valence-electron chi connectivity index (χ3n) is 9.74. The summed E-state index contributed by atoms with van der Waals surface area (Å²) in [4.78, 5) is 12.7. The molecule has 16 nitrogen and oxygen atoms in total. The van der Waals surface area contributed by atoms with Crippen molar-refractivity contribution >= 4 is 5.97 Å². The van der Waals surface area contributed by atoms with E-state index in [-0.39, 0.29) is 28.7 Å². The van der Waals surface area contributed by atoms with Crippen molar-refractivity contribution in [1.82, 2.24) is 0 Å². The number of aliphatic hydroxyl groups excluding tert-OH is 5. The molecule has 2 heterocycles. The summed E-state index contributed by atoms with van der Waals surface area (Å²) in [6.45, 7) is 5.53. The number of methoxy groups -OCH3 is 2. The maximum atomic E-state index is 12.7. The first kappa shape index (κ1) is 39.2. The number of ether oxygens (including phenoxy) is 7. The summed E-state index contributed by atoms with van der Waals surface area (Å²) in [5.41, 5.74) is -4.05. The molecule has 16 heteroatoms. The van der Waals surface area contributed by atoms with Gasteiger partial charge < -0.3 is 74.0 Å². The van der Waals surface area contributed by atoms with Crippen LogP contribution in [0.2, 0.25) is 0 Å². The van der Waals surface area contributed by atoms with Crippen molar-refractivity contribution in [3.8, 4) is 17.2 Å². The van der Waals surface area contributed by atoms with E-state index in [1.165, 1.54) is 26.4 Å². The van der Waals surface area contributed by atoms with E-state index in [4.69, 9.17) is 33.2 Å². The van der Waals surface area contributed by atoms with Gasteiger partial charge in [0.25, 0.3) is 0 Å². The normalized spacial score (nSPS) is 38.3. The Labute approximate surface area is 284 Å². The molecule has 0 unspecified atom stereocenters. The largest absolute Gasteiger partial charge is 0.502 e. The van der Waals surface area contributed by atoms with E-state index in [1.54, 1.807) is 19.1 Å². The Balaban J connectivity index is 1.33. The number of carbonyl (C=O) groups is 1. The van der Waals surface area contributed by atoms with Gasteiger partial charge in [0.05, 0.1) is 50.8 Å². The lowest BCUT2D eigenvalue weighted by Crippen LogP contribution is -2.60. The van der Waals surface area contributed by atoms with Gasteiger partial charge in [-0.1, -0.05) is 32.9 Å². The van der Waals surface area contributed by atoms with Crippen LogP contribution in [0.15, 0.2) is 24.3 Å². The summed E-state index contributed by atoms with van der Waals surface area (Å²) < 4.78 is 37.8. The fourth-order valence-electron chi connectivity index (χ4n) is 6.58. The van der Waals surface area contributed by atoms with Gasteiger partial charge in [-0.05, 0) is 43.2 Å². The lowest BCUT2D eigenvalue weighted by molar-refractivity contribution is -0.314. The Morgan fingerprint density at radius 3 is 2.24 bits per heavy atom. The number of benzene rings is 1. The number of hydrogen-bond acceptors (Lipinski definition) is 16. The molecule has 1 saturated carbocycles. The van der Waals surface area contributed by atoms with Gasteiger partial charge in [0, 0.05) is 0 Å². The third kappa shape index (κ3) is 8.15. The molecule has 1 aromatic rings. The van der Waals surface area contributed by atoms with Crippen LogP contribution in [0.3, 0.4) is 0 Å². The number of aliphatic hydroxyl groups is 7. The van der Waals surface area contributed by atoms with Crippen molar-refractivity contribution in [3.63, 3.8) is 0 Å². The zero-order valence-corrected chi connectivity index (χ0v) is 28.5. The minimum atomic E-state index is -2.09. The van der Waals surface area contributed by atoms with Crippen LogP contribution in [0.5, 0.6) is 17.2 Å². The Morgan fingerprint density at radius 2 is 1.65 bits per heavy atom. The Morgan fingerprint density at radius 1 is 1.02 bits per heavy atom. The minimum Gasteiger partial charge on any atom is -0.502 e. The molecule has 49 heavy (non-hydrogen) atoms. The van der Waals surface area contributed by atoms with E-state index in [0.29, 0.717) is 12.8 Å². The smallest absolute Gasteiger partial charge is 0.338 e. The van der Waals surface area contributed by atoms with E-state index in [9.17, 15) is 45.6 Å². The van der Waals surface area contributed by atoms with Crippen LogP contribution in [0, 0.1) is 11.3 Å². The maximum Gasteiger partial charge on any atom is 0.338 e. The summed E-state index contributed by atoms with van der Waals surface area (Å²) >= 11 is 0. The second-order valence-electron chi connectivity index (χ2n) is 13.8. The van der Waals surface area contributed by atoms with Gasteiger partial charge >= 0.3 is 5.97 Å². The van der Waals surface area contributed by atoms with Crippen LogP contribution < -0.4 is 9.47 Å². The van der Waals surface area contributed by atoms with Gasteiger partial charge in [0.1, 0.15) is 37.1 Å². The minimum absolute atomic E-state index is 0.0516. The van der Waals surface area contributed by atoms with Crippen LogP contribution in [0.4, 0.5) is 0 Å². The van der Waals surface area contributed by atoms with Gasteiger partial charge in [-0.15, -0.1) is 0 Å². The Kier molecular flexibility index (Phi) is 12.3. The molecule has 3 aliphatic rings. The van der Waals surface area contributed by atoms with Crippen molar-refractivity contribution in [2.45, 2.75) is 107 Å². The average molecular weight is 703 g/mol. The summed E-state index contributed by atoms with van der Waals surface area (Å²) in [5.74, 6) is -1.61. The molecule has 0 radical (unpaired) electrons. The number of rotatable bonds is 12. The van der Waals surface area contributed by atoms with E-state index in [1.807, 2.05) is 20.8 Å². The standard InChI is InChI=1S/C33H50O16/c1-16-9-19(34)12-31(3,4)33(16,42)8-7-17(2)48-29-26(38)25(37)24(36)22(49-29)13-45-30-27(39)32(41,15-47-30)14-46-28(40)18-10-20(43-5)23(35)21(11-18)44-6/h7-8,10-11,16-17,19,22,24-27,29-30,34-39,41-42H,9,12-15H2,1-6H3/t16-,17-,19+,22-,24-,25+,26-,27+,29-,30-,32-,33-/m1/s1. The molecule has 0 amide bonds. The van der Waals surface area contributed by atoms with Gasteiger partial charge in [0.2, 0.25) is 5.75 Å². The second kappa shape index (κ2) is 15.3. The molecular formula is C33H50O16. The molecule has 3 fully saturated rings. The molecule has 0 bridgehead atoms. The highest BCUT2D eigenvalue weighted by Gasteiger charge is 2.52.